The van der Waals surface area contributed by atoms with Gasteiger partial charge in [-0.3, -0.25) is 9.55 Å². The fourth-order valence-corrected chi connectivity index (χ4v) is 3.19. The number of carbonyl (C=O) groups is 1. The Morgan fingerprint density at radius 2 is 2.08 bits per heavy atom. The van der Waals surface area contributed by atoms with E-state index in [-0.39, 0.29) is 0 Å². The molecule has 0 bridgehead atoms. The molecular weight excluding hydrogens is 320 g/mol. The predicted molar refractivity (Wildman–Crippen MR) is 94.2 cm³/mol. The molecule has 0 amide bonds. The molecule has 7 nitrogen and oxygen atoms in total. The number of fused-ring (bicyclic) bond motifs is 1. The van der Waals surface area contributed by atoms with Crippen molar-refractivity contribution in [1.82, 2.24) is 14.5 Å². The highest BCUT2D eigenvalue weighted by Gasteiger charge is 2.18. The molecule has 25 heavy (non-hydrogen) atoms. The zero-order chi connectivity index (χ0) is 17.4. The van der Waals surface area contributed by atoms with Crippen LogP contribution in [0, 0.1) is 6.92 Å². The first kappa shape index (κ1) is 15.6. The molecule has 1 N–H and O–H groups in total. The van der Waals surface area contributed by atoms with E-state index in [0.717, 1.165) is 29.9 Å². The van der Waals surface area contributed by atoms with Crippen LogP contribution < -0.4 is 4.90 Å². The van der Waals surface area contributed by atoms with Gasteiger partial charge in [0.25, 0.3) is 0 Å². The fraction of sp³-hybridized carbons (Fsp3) is 0.278. The molecular formula is C18H18N4O3. The lowest BCUT2D eigenvalue weighted by atomic mass is 10.1. The average Bonchev–Trinajstić information content (AvgIpc) is 3.12. The molecule has 4 heterocycles. The standard InChI is InChI=1S/C18H18N4O3/c1-12-11-15(21-7-9-25-10-8-21)20-16-13(12)4-5-19-17(16)14-3-2-6-22(14)18(23)24/h2-6,11H,7-10H2,1H3,(H,23,24). The second kappa shape index (κ2) is 6.18. The number of hydrogen-bond donors (Lipinski definition) is 1. The molecule has 0 spiro atoms. The topological polar surface area (TPSA) is 80.5 Å². The molecule has 3 aromatic heterocycles. The number of aromatic nitrogens is 3. The number of nitrogens with zero attached hydrogens (tertiary/aromatic N) is 4. The number of hydrogen-bond acceptors (Lipinski definition) is 5. The van der Waals surface area contributed by atoms with E-state index >= 15 is 0 Å². The van der Waals surface area contributed by atoms with Gasteiger partial charge in [-0.2, -0.15) is 0 Å². The van der Waals surface area contributed by atoms with Crippen LogP contribution in [0.2, 0.25) is 0 Å². The molecule has 0 unspecified atom stereocenters. The van der Waals surface area contributed by atoms with E-state index in [2.05, 4.69) is 16.0 Å². The predicted octanol–water partition coefficient (Wildman–Crippen LogP) is 2.77. The molecule has 4 rings (SSSR count). The van der Waals surface area contributed by atoms with Crippen molar-refractivity contribution in [1.29, 1.82) is 0 Å². The number of aryl methyl sites for hydroxylation is 1. The third kappa shape index (κ3) is 2.72. The lowest BCUT2D eigenvalue weighted by Gasteiger charge is -2.28. The second-order valence-electron chi connectivity index (χ2n) is 6.00. The van der Waals surface area contributed by atoms with Crippen LogP contribution in [0.5, 0.6) is 0 Å². The van der Waals surface area contributed by atoms with E-state index in [0.29, 0.717) is 30.1 Å². The Bertz CT molecular complexity index is 945. The van der Waals surface area contributed by atoms with Crippen LogP contribution in [0.1, 0.15) is 5.56 Å². The second-order valence-corrected chi connectivity index (χ2v) is 6.00. The van der Waals surface area contributed by atoms with Crippen molar-refractivity contribution in [2.24, 2.45) is 0 Å². The first-order chi connectivity index (χ1) is 12.1. The van der Waals surface area contributed by atoms with Crippen LogP contribution in [0.15, 0.2) is 36.7 Å². The van der Waals surface area contributed by atoms with Crippen LogP contribution in [-0.4, -0.2) is 52.0 Å². The molecule has 0 radical (unpaired) electrons. The van der Waals surface area contributed by atoms with E-state index in [9.17, 15) is 9.90 Å². The average molecular weight is 338 g/mol. The smallest absolute Gasteiger partial charge is 0.416 e. The molecule has 0 aliphatic carbocycles. The van der Waals surface area contributed by atoms with Gasteiger partial charge in [0.2, 0.25) is 0 Å². The van der Waals surface area contributed by atoms with Gasteiger partial charge in [0.15, 0.2) is 0 Å². The Hall–Kier alpha value is -2.93. The minimum Gasteiger partial charge on any atom is -0.464 e. The van der Waals surface area contributed by atoms with Crippen molar-refractivity contribution >= 4 is 22.8 Å². The van der Waals surface area contributed by atoms with Crippen molar-refractivity contribution in [3.63, 3.8) is 0 Å². The highest BCUT2D eigenvalue weighted by Crippen LogP contribution is 2.30. The van der Waals surface area contributed by atoms with Gasteiger partial charge in [-0.05, 0) is 36.8 Å². The van der Waals surface area contributed by atoms with E-state index in [1.165, 1.54) is 10.8 Å². The van der Waals surface area contributed by atoms with Gasteiger partial charge in [-0.15, -0.1) is 0 Å². The monoisotopic (exact) mass is 338 g/mol. The summed E-state index contributed by atoms with van der Waals surface area (Å²) in [7, 11) is 0. The van der Waals surface area contributed by atoms with Crippen molar-refractivity contribution in [2.45, 2.75) is 6.92 Å². The number of ether oxygens (including phenoxy) is 1. The molecule has 0 atom stereocenters. The number of rotatable bonds is 2. The third-order valence-electron chi connectivity index (χ3n) is 4.45. The zero-order valence-corrected chi connectivity index (χ0v) is 13.8. The van der Waals surface area contributed by atoms with E-state index in [4.69, 9.17) is 9.72 Å². The van der Waals surface area contributed by atoms with Gasteiger partial charge in [-0.1, -0.05) is 0 Å². The summed E-state index contributed by atoms with van der Waals surface area (Å²) in [6, 6.07) is 7.42. The molecule has 3 aromatic rings. The molecule has 1 saturated heterocycles. The minimum atomic E-state index is -1.04. The van der Waals surface area contributed by atoms with Crippen LogP contribution in [0.25, 0.3) is 22.3 Å². The van der Waals surface area contributed by atoms with Gasteiger partial charge < -0.3 is 14.7 Å². The van der Waals surface area contributed by atoms with Crippen LogP contribution in [0.4, 0.5) is 10.6 Å². The first-order valence-corrected chi connectivity index (χ1v) is 8.15. The van der Waals surface area contributed by atoms with Gasteiger partial charge in [-0.25, -0.2) is 9.78 Å². The molecule has 1 aliphatic rings. The molecule has 7 heteroatoms. The van der Waals surface area contributed by atoms with Crippen LogP contribution in [-0.2, 0) is 4.74 Å². The largest absolute Gasteiger partial charge is 0.464 e. The Morgan fingerprint density at radius 3 is 2.84 bits per heavy atom. The number of anilines is 1. The Kier molecular flexibility index (Phi) is 3.85. The van der Waals surface area contributed by atoms with Crippen LogP contribution >= 0.6 is 0 Å². The van der Waals surface area contributed by atoms with Crippen molar-refractivity contribution < 1.29 is 14.6 Å². The maximum Gasteiger partial charge on any atom is 0.416 e. The SMILES string of the molecule is Cc1cc(N2CCOCC2)nc2c(-c3cccn3C(=O)O)nccc12. The maximum atomic E-state index is 11.5. The van der Waals surface area contributed by atoms with Crippen LogP contribution in [0.3, 0.4) is 0 Å². The molecule has 1 fully saturated rings. The highest BCUT2D eigenvalue weighted by atomic mass is 16.5. The Balaban J connectivity index is 1.91. The summed E-state index contributed by atoms with van der Waals surface area (Å²) in [6.07, 6.45) is 2.16. The summed E-state index contributed by atoms with van der Waals surface area (Å²) in [5.41, 5.74) is 2.89. The van der Waals surface area contributed by atoms with E-state index < -0.39 is 6.09 Å². The lowest BCUT2D eigenvalue weighted by Crippen LogP contribution is -2.36. The molecule has 0 saturated carbocycles. The summed E-state index contributed by atoms with van der Waals surface area (Å²) in [5, 5.41) is 10.4. The Morgan fingerprint density at radius 1 is 1.28 bits per heavy atom. The van der Waals surface area contributed by atoms with Crippen molar-refractivity contribution in [2.75, 3.05) is 31.2 Å². The van der Waals surface area contributed by atoms with Gasteiger partial charge >= 0.3 is 6.09 Å². The van der Waals surface area contributed by atoms with Gasteiger partial charge in [0.05, 0.1) is 18.9 Å². The number of morpholine rings is 1. The van der Waals surface area contributed by atoms with E-state index in [1.807, 2.05) is 13.0 Å². The quantitative estimate of drug-likeness (QED) is 0.774. The lowest BCUT2D eigenvalue weighted by molar-refractivity contribution is 0.122. The summed E-state index contributed by atoms with van der Waals surface area (Å²) in [6.45, 7) is 4.98. The molecule has 0 aromatic carbocycles. The van der Waals surface area contributed by atoms with E-state index in [1.54, 1.807) is 18.3 Å². The fourth-order valence-electron chi connectivity index (χ4n) is 3.19. The zero-order valence-electron chi connectivity index (χ0n) is 13.8. The van der Waals surface area contributed by atoms with Gasteiger partial charge in [0.1, 0.15) is 17.0 Å². The summed E-state index contributed by atoms with van der Waals surface area (Å²) < 4.78 is 6.58. The van der Waals surface area contributed by atoms with Crippen molar-refractivity contribution in [3.05, 3.63) is 42.2 Å². The number of pyridine rings is 2. The maximum absolute atomic E-state index is 11.5. The third-order valence-corrected chi connectivity index (χ3v) is 4.45. The normalized spacial score (nSPS) is 14.8. The summed E-state index contributed by atoms with van der Waals surface area (Å²) in [5.74, 6) is 0.871. The molecule has 128 valence electrons. The Labute approximate surface area is 144 Å². The summed E-state index contributed by atoms with van der Waals surface area (Å²) >= 11 is 0. The van der Waals surface area contributed by atoms with Gasteiger partial charge in [0, 0.05) is 30.9 Å². The number of carboxylic acid groups (broad SMARTS) is 1. The molecule has 1 aliphatic heterocycles. The minimum absolute atomic E-state index is 0.518. The summed E-state index contributed by atoms with van der Waals surface area (Å²) in [4.78, 5) is 22.9. The highest BCUT2D eigenvalue weighted by molar-refractivity contribution is 5.95. The first-order valence-electron chi connectivity index (χ1n) is 8.15. The van der Waals surface area contributed by atoms with Crippen molar-refractivity contribution in [3.8, 4) is 11.4 Å².